The SMILES string of the molecule is ClCCCCCCNCc1nccs1. The Morgan fingerprint density at radius 3 is 2.86 bits per heavy atom. The van der Waals surface area contributed by atoms with Crippen LogP contribution in [0.2, 0.25) is 0 Å². The fourth-order valence-electron chi connectivity index (χ4n) is 1.23. The van der Waals surface area contributed by atoms with E-state index in [9.17, 15) is 0 Å². The minimum absolute atomic E-state index is 0.798. The fourth-order valence-corrected chi connectivity index (χ4v) is 2.01. The highest BCUT2D eigenvalue weighted by molar-refractivity contribution is 7.09. The molecule has 0 amide bonds. The summed E-state index contributed by atoms with van der Waals surface area (Å²) in [6, 6.07) is 0. The summed E-state index contributed by atoms with van der Waals surface area (Å²) >= 11 is 7.29. The van der Waals surface area contributed by atoms with Crippen molar-refractivity contribution in [1.29, 1.82) is 0 Å². The maximum atomic E-state index is 5.59. The monoisotopic (exact) mass is 232 g/mol. The first kappa shape index (κ1) is 12.0. The Morgan fingerprint density at radius 1 is 1.29 bits per heavy atom. The van der Waals surface area contributed by atoms with Gasteiger partial charge in [0.05, 0.1) is 0 Å². The quantitative estimate of drug-likeness (QED) is 0.551. The lowest BCUT2D eigenvalue weighted by Crippen LogP contribution is -2.14. The third kappa shape index (κ3) is 5.58. The van der Waals surface area contributed by atoms with Gasteiger partial charge in [-0.2, -0.15) is 0 Å². The molecule has 0 radical (unpaired) electrons. The fraction of sp³-hybridized carbons (Fsp3) is 0.700. The average Bonchev–Trinajstić information content (AvgIpc) is 2.69. The zero-order chi connectivity index (χ0) is 10.1. The van der Waals surface area contributed by atoms with Crippen molar-refractivity contribution in [1.82, 2.24) is 10.3 Å². The lowest BCUT2D eigenvalue weighted by atomic mass is 10.2. The zero-order valence-electron chi connectivity index (χ0n) is 8.34. The molecule has 0 saturated carbocycles. The van der Waals surface area contributed by atoms with Gasteiger partial charge >= 0.3 is 0 Å². The third-order valence-electron chi connectivity index (χ3n) is 2.00. The Balaban J connectivity index is 1.85. The highest BCUT2D eigenvalue weighted by Gasteiger charge is 1.94. The second-order valence-corrected chi connectivity index (χ2v) is 4.56. The van der Waals surface area contributed by atoms with E-state index in [-0.39, 0.29) is 0 Å². The van der Waals surface area contributed by atoms with Crippen LogP contribution >= 0.6 is 22.9 Å². The molecule has 1 aromatic rings. The second-order valence-electron chi connectivity index (χ2n) is 3.21. The van der Waals surface area contributed by atoms with Crippen molar-refractivity contribution < 1.29 is 0 Å². The molecule has 0 aliphatic rings. The van der Waals surface area contributed by atoms with E-state index in [0.29, 0.717) is 0 Å². The molecule has 0 saturated heterocycles. The summed E-state index contributed by atoms with van der Waals surface area (Å²) < 4.78 is 0. The highest BCUT2D eigenvalue weighted by atomic mass is 35.5. The van der Waals surface area contributed by atoms with E-state index in [0.717, 1.165) is 25.4 Å². The van der Waals surface area contributed by atoms with Gasteiger partial charge in [0.25, 0.3) is 0 Å². The van der Waals surface area contributed by atoms with Gasteiger partial charge in [-0.1, -0.05) is 12.8 Å². The molecule has 0 spiro atoms. The number of alkyl halides is 1. The number of nitrogens with one attached hydrogen (secondary N) is 1. The maximum absolute atomic E-state index is 5.59. The molecule has 0 bridgehead atoms. The molecule has 1 heterocycles. The molecule has 14 heavy (non-hydrogen) atoms. The van der Waals surface area contributed by atoms with Crippen LogP contribution in [0.4, 0.5) is 0 Å². The van der Waals surface area contributed by atoms with Crippen molar-refractivity contribution in [2.24, 2.45) is 0 Å². The van der Waals surface area contributed by atoms with Crippen LogP contribution in [0.15, 0.2) is 11.6 Å². The van der Waals surface area contributed by atoms with Crippen LogP contribution < -0.4 is 5.32 Å². The Labute approximate surface area is 94.7 Å². The first-order valence-electron chi connectivity index (χ1n) is 5.08. The van der Waals surface area contributed by atoms with Gasteiger partial charge in [-0.25, -0.2) is 4.98 Å². The van der Waals surface area contributed by atoms with Crippen molar-refractivity contribution in [3.05, 3.63) is 16.6 Å². The van der Waals surface area contributed by atoms with Crippen LogP contribution in [0.3, 0.4) is 0 Å². The molecule has 1 rings (SSSR count). The summed E-state index contributed by atoms with van der Waals surface area (Å²) in [5.41, 5.74) is 0. The molecular weight excluding hydrogens is 216 g/mol. The lowest BCUT2D eigenvalue weighted by Gasteiger charge is -2.01. The summed E-state index contributed by atoms with van der Waals surface area (Å²) in [6.07, 6.45) is 6.76. The number of unbranched alkanes of at least 4 members (excludes halogenated alkanes) is 3. The lowest BCUT2D eigenvalue weighted by molar-refractivity contribution is 0.598. The van der Waals surface area contributed by atoms with Gasteiger partial charge in [-0.15, -0.1) is 22.9 Å². The minimum Gasteiger partial charge on any atom is -0.310 e. The van der Waals surface area contributed by atoms with Crippen LogP contribution in [0.5, 0.6) is 0 Å². The number of halogens is 1. The second kappa shape index (κ2) is 8.21. The highest BCUT2D eigenvalue weighted by Crippen LogP contribution is 2.03. The van der Waals surface area contributed by atoms with Gasteiger partial charge < -0.3 is 5.32 Å². The summed E-state index contributed by atoms with van der Waals surface area (Å²) in [7, 11) is 0. The Hall–Kier alpha value is -0.120. The predicted molar refractivity (Wildman–Crippen MR) is 63.0 cm³/mol. The van der Waals surface area contributed by atoms with Crippen molar-refractivity contribution in [2.45, 2.75) is 32.2 Å². The van der Waals surface area contributed by atoms with E-state index in [2.05, 4.69) is 10.3 Å². The standard InChI is InChI=1S/C10H17ClN2S/c11-5-3-1-2-4-6-12-9-10-13-7-8-14-10/h7-8,12H,1-6,9H2. The number of hydrogen-bond donors (Lipinski definition) is 1. The molecule has 0 aliphatic carbocycles. The first-order chi connectivity index (χ1) is 6.93. The smallest absolute Gasteiger partial charge is 0.106 e. The number of hydrogen-bond acceptors (Lipinski definition) is 3. The molecule has 1 N–H and O–H groups in total. The Bertz CT molecular complexity index is 214. The molecule has 0 aromatic carbocycles. The van der Waals surface area contributed by atoms with Gasteiger partial charge in [0.2, 0.25) is 0 Å². The van der Waals surface area contributed by atoms with E-state index >= 15 is 0 Å². The van der Waals surface area contributed by atoms with Gasteiger partial charge in [-0.05, 0) is 19.4 Å². The molecule has 4 heteroatoms. The molecule has 0 atom stereocenters. The Morgan fingerprint density at radius 2 is 2.14 bits per heavy atom. The number of thiazole rings is 1. The molecule has 1 aromatic heterocycles. The van der Waals surface area contributed by atoms with Crippen molar-refractivity contribution in [2.75, 3.05) is 12.4 Å². The van der Waals surface area contributed by atoms with E-state index < -0.39 is 0 Å². The van der Waals surface area contributed by atoms with Crippen LogP contribution in [0.1, 0.15) is 30.7 Å². The van der Waals surface area contributed by atoms with E-state index in [1.54, 1.807) is 11.3 Å². The largest absolute Gasteiger partial charge is 0.310 e. The molecule has 0 aliphatic heterocycles. The summed E-state index contributed by atoms with van der Waals surface area (Å²) in [5, 5.41) is 6.56. The van der Waals surface area contributed by atoms with Gasteiger partial charge in [-0.3, -0.25) is 0 Å². The van der Waals surface area contributed by atoms with Gasteiger partial charge in [0.15, 0.2) is 0 Å². The molecule has 80 valence electrons. The molecule has 0 fully saturated rings. The predicted octanol–water partition coefficient (Wildman–Crippen LogP) is 3.03. The van der Waals surface area contributed by atoms with Crippen LogP contribution in [0, 0.1) is 0 Å². The summed E-state index contributed by atoms with van der Waals surface area (Å²) in [5.74, 6) is 0.798. The van der Waals surface area contributed by atoms with Crippen molar-refractivity contribution in [3.8, 4) is 0 Å². The molecular formula is C10H17ClN2S. The van der Waals surface area contributed by atoms with Crippen LogP contribution in [-0.4, -0.2) is 17.4 Å². The normalized spacial score (nSPS) is 10.6. The number of aromatic nitrogens is 1. The van der Waals surface area contributed by atoms with E-state index in [1.165, 1.54) is 24.3 Å². The van der Waals surface area contributed by atoms with E-state index in [1.807, 2.05) is 11.6 Å². The van der Waals surface area contributed by atoms with Crippen molar-refractivity contribution >= 4 is 22.9 Å². The summed E-state index contributed by atoms with van der Waals surface area (Å²) in [4.78, 5) is 4.20. The van der Waals surface area contributed by atoms with Gasteiger partial charge in [0.1, 0.15) is 5.01 Å². The number of nitrogens with zero attached hydrogens (tertiary/aromatic N) is 1. The Kier molecular flexibility index (Phi) is 7.01. The van der Waals surface area contributed by atoms with Crippen LogP contribution in [0.25, 0.3) is 0 Å². The third-order valence-corrected chi connectivity index (χ3v) is 3.04. The summed E-state index contributed by atoms with van der Waals surface area (Å²) in [6.45, 7) is 2.00. The minimum atomic E-state index is 0.798. The molecule has 2 nitrogen and oxygen atoms in total. The van der Waals surface area contributed by atoms with Crippen LogP contribution in [-0.2, 0) is 6.54 Å². The van der Waals surface area contributed by atoms with Gasteiger partial charge in [0, 0.05) is 24.0 Å². The average molecular weight is 233 g/mol. The topological polar surface area (TPSA) is 24.9 Å². The first-order valence-corrected chi connectivity index (χ1v) is 6.50. The molecule has 0 unspecified atom stereocenters. The maximum Gasteiger partial charge on any atom is 0.106 e. The number of rotatable bonds is 8. The van der Waals surface area contributed by atoms with Crippen molar-refractivity contribution in [3.63, 3.8) is 0 Å². The zero-order valence-corrected chi connectivity index (χ0v) is 9.91. The van der Waals surface area contributed by atoms with E-state index in [4.69, 9.17) is 11.6 Å².